The van der Waals surface area contributed by atoms with Crippen LogP contribution in [0.3, 0.4) is 0 Å². The number of rotatable bonds is 10. The average Bonchev–Trinajstić information content (AvgIpc) is 2.52. The molecule has 1 aromatic carbocycles. The fraction of sp³-hybridized carbons (Fsp3) is 0.667. The third-order valence-corrected chi connectivity index (χ3v) is 3.75. The minimum Gasteiger partial charge on any atom is -0.458 e. The highest BCUT2D eigenvalue weighted by molar-refractivity contribution is 5.74. The molecule has 4 heteroatoms. The standard InChI is InChI=1S/C21H34O4/c1-16(2)19(24-17(3)20(22)25-21(4,5)6)13-10-14-23-15-18-11-8-7-9-12-18/h7-9,11-12,16-17,19H,10,13-15H2,1-6H3. The van der Waals surface area contributed by atoms with Crippen LogP contribution >= 0.6 is 0 Å². The van der Waals surface area contributed by atoms with Crippen molar-refractivity contribution in [2.45, 2.75) is 78.8 Å². The van der Waals surface area contributed by atoms with E-state index in [0.717, 1.165) is 12.8 Å². The molecule has 25 heavy (non-hydrogen) atoms. The Morgan fingerprint density at radius 1 is 1.08 bits per heavy atom. The molecule has 0 aromatic heterocycles. The van der Waals surface area contributed by atoms with E-state index in [1.807, 2.05) is 39.0 Å². The number of benzene rings is 1. The third-order valence-electron chi connectivity index (χ3n) is 3.75. The maximum absolute atomic E-state index is 12.1. The lowest BCUT2D eigenvalue weighted by Gasteiger charge is -2.27. The van der Waals surface area contributed by atoms with Crippen molar-refractivity contribution < 1.29 is 19.0 Å². The van der Waals surface area contributed by atoms with E-state index in [1.54, 1.807) is 6.92 Å². The molecule has 0 aliphatic heterocycles. The van der Waals surface area contributed by atoms with Gasteiger partial charge in [0.25, 0.3) is 0 Å². The lowest BCUT2D eigenvalue weighted by atomic mass is 10.0. The average molecular weight is 350 g/mol. The first-order valence-electron chi connectivity index (χ1n) is 9.19. The van der Waals surface area contributed by atoms with Gasteiger partial charge in [-0.3, -0.25) is 0 Å². The summed E-state index contributed by atoms with van der Waals surface area (Å²) in [6.45, 7) is 12.9. The van der Waals surface area contributed by atoms with Crippen molar-refractivity contribution in [3.63, 3.8) is 0 Å². The topological polar surface area (TPSA) is 44.8 Å². The molecule has 142 valence electrons. The number of esters is 1. The molecule has 0 saturated heterocycles. The molecule has 0 aliphatic rings. The highest BCUT2D eigenvalue weighted by Gasteiger charge is 2.26. The van der Waals surface area contributed by atoms with Crippen LogP contribution in [0.2, 0.25) is 0 Å². The van der Waals surface area contributed by atoms with E-state index in [0.29, 0.717) is 19.1 Å². The molecule has 2 atom stereocenters. The lowest BCUT2D eigenvalue weighted by Crippen LogP contribution is -2.35. The van der Waals surface area contributed by atoms with E-state index in [-0.39, 0.29) is 12.1 Å². The molecular formula is C21H34O4. The van der Waals surface area contributed by atoms with Crippen molar-refractivity contribution in [2.75, 3.05) is 6.61 Å². The monoisotopic (exact) mass is 350 g/mol. The summed E-state index contributed by atoms with van der Waals surface area (Å²) in [5, 5.41) is 0. The Bertz CT molecular complexity index is 490. The molecule has 0 spiro atoms. The molecule has 0 N–H and O–H groups in total. The molecule has 2 unspecified atom stereocenters. The van der Waals surface area contributed by atoms with E-state index in [4.69, 9.17) is 14.2 Å². The van der Waals surface area contributed by atoms with E-state index < -0.39 is 11.7 Å². The Morgan fingerprint density at radius 3 is 2.28 bits per heavy atom. The molecular weight excluding hydrogens is 316 g/mol. The quantitative estimate of drug-likeness (QED) is 0.451. The van der Waals surface area contributed by atoms with Crippen LogP contribution in [0.4, 0.5) is 0 Å². The van der Waals surface area contributed by atoms with E-state index >= 15 is 0 Å². The summed E-state index contributed by atoms with van der Waals surface area (Å²) in [7, 11) is 0. The molecule has 0 bridgehead atoms. The van der Waals surface area contributed by atoms with Crippen LogP contribution in [-0.2, 0) is 25.6 Å². The van der Waals surface area contributed by atoms with Gasteiger partial charge in [0.2, 0.25) is 0 Å². The predicted molar refractivity (Wildman–Crippen MR) is 100 cm³/mol. The summed E-state index contributed by atoms with van der Waals surface area (Å²) in [6.07, 6.45) is 1.22. The number of hydrogen-bond acceptors (Lipinski definition) is 4. The van der Waals surface area contributed by atoms with Crippen LogP contribution < -0.4 is 0 Å². The van der Waals surface area contributed by atoms with Crippen molar-refractivity contribution in [1.29, 1.82) is 0 Å². The van der Waals surface area contributed by atoms with Crippen LogP contribution in [0.25, 0.3) is 0 Å². The Balaban J connectivity index is 2.32. The van der Waals surface area contributed by atoms with Gasteiger partial charge in [-0.15, -0.1) is 0 Å². The van der Waals surface area contributed by atoms with Gasteiger partial charge in [-0.1, -0.05) is 44.2 Å². The second-order valence-corrected chi connectivity index (χ2v) is 7.77. The molecule has 1 aromatic rings. The maximum Gasteiger partial charge on any atom is 0.335 e. The second kappa shape index (κ2) is 10.6. The normalized spacial score (nSPS) is 14.4. The fourth-order valence-electron chi connectivity index (χ4n) is 2.41. The van der Waals surface area contributed by atoms with Gasteiger partial charge in [-0.25, -0.2) is 4.79 Å². The number of ether oxygens (including phenoxy) is 3. The first kappa shape index (κ1) is 21.7. The van der Waals surface area contributed by atoms with Crippen LogP contribution in [0, 0.1) is 5.92 Å². The molecule has 1 rings (SSSR count). The molecule has 0 heterocycles. The van der Waals surface area contributed by atoms with Crippen molar-refractivity contribution in [3.05, 3.63) is 35.9 Å². The second-order valence-electron chi connectivity index (χ2n) is 7.77. The molecule has 0 fully saturated rings. The summed E-state index contributed by atoms with van der Waals surface area (Å²) >= 11 is 0. The molecule has 4 nitrogen and oxygen atoms in total. The van der Waals surface area contributed by atoms with Gasteiger partial charge in [0.05, 0.1) is 12.7 Å². The lowest BCUT2D eigenvalue weighted by molar-refractivity contribution is -0.172. The highest BCUT2D eigenvalue weighted by atomic mass is 16.6. The van der Waals surface area contributed by atoms with Crippen LogP contribution in [0.1, 0.15) is 59.9 Å². The van der Waals surface area contributed by atoms with Gasteiger partial charge in [-0.2, -0.15) is 0 Å². The van der Waals surface area contributed by atoms with Gasteiger partial charge in [0, 0.05) is 6.61 Å². The largest absolute Gasteiger partial charge is 0.458 e. The van der Waals surface area contributed by atoms with E-state index in [2.05, 4.69) is 26.0 Å². The van der Waals surface area contributed by atoms with Gasteiger partial charge < -0.3 is 14.2 Å². The zero-order valence-electron chi connectivity index (χ0n) is 16.6. The smallest absolute Gasteiger partial charge is 0.335 e. The van der Waals surface area contributed by atoms with Crippen molar-refractivity contribution in [1.82, 2.24) is 0 Å². The minimum atomic E-state index is -0.558. The number of carbonyl (C=O) groups is 1. The first-order valence-corrected chi connectivity index (χ1v) is 9.19. The van der Waals surface area contributed by atoms with Gasteiger partial charge in [0.1, 0.15) is 5.60 Å². The summed E-state index contributed by atoms with van der Waals surface area (Å²) in [5.41, 5.74) is 0.686. The first-order chi connectivity index (χ1) is 11.7. The van der Waals surface area contributed by atoms with E-state index in [1.165, 1.54) is 5.56 Å². The highest BCUT2D eigenvalue weighted by Crippen LogP contribution is 2.18. The van der Waals surface area contributed by atoms with Crippen molar-refractivity contribution >= 4 is 5.97 Å². The van der Waals surface area contributed by atoms with E-state index in [9.17, 15) is 4.79 Å². The Labute approximate surface area is 152 Å². The van der Waals surface area contributed by atoms with Gasteiger partial charge >= 0.3 is 5.97 Å². The predicted octanol–water partition coefficient (Wildman–Crippen LogP) is 4.75. The minimum absolute atomic E-state index is 0.0165. The Kier molecular flexibility index (Phi) is 9.15. The summed E-state index contributed by atoms with van der Waals surface area (Å²) in [5.74, 6) is 0.0255. The molecule has 0 aliphatic carbocycles. The SMILES string of the molecule is CC(OC(CCCOCc1ccccc1)C(C)C)C(=O)OC(C)(C)C. The Hall–Kier alpha value is -1.39. The number of hydrogen-bond donors (Lipinski definition) is 0. The zero-order chi connectivity index (χ0) is 18.9. The van der Waals surface area contributed by atoms with Crippen molar-refractivity contribution in [3.8, 4) is 0 Å². The fourth-order valence-corrected chi connectivity index (χ4v) is 2.41. The van der Waals surface area contributed by atoms with Gasteiger partial charge in [-0.05, 0) is 52.0 Å². The maximum atomic E-state index is 12.1. The number of carbonyl (C=O) groups excluding carboxylic acids is 1. The van der Waals surface area contributed by atoms with Crippen LogP contribution in [0.15, 0.2) is 30.3 Å². The van der Waals surface area contributed by atoms with Crippen molar-refractivity contribution in [2.24, 2.45) is 5.92 Å². The summed E-state index contributed by atoms with van der Waals surface area (Å²) in [6, 6.07) is 10.1. The molecule has 0 radical (unpaired) electrons. The third kappa shape index (κ3) is 9.61. The molecule has 0 saturated carbocycles. The Morgan fingerprint density at radius 2 is 1.72 bits per heavy atom. The van der Waals surface area contributed by atoms with Crippen LogP contribution in [0.5, 0.6) is 0 Å². The summed E-state index contributed by atoms with van der Waals surface area (Å²) < 4.78 is 17.1. The van der Waals surface area contributed by atoms with Gasteiger partial charge in [0.15, 0.2) is 6.10 Å². The molecule has 0 amide bonds. The zero-order valence-corrected chi connectivity index (χ0v) is 16.6. The summed E-state index contributed by atoms with van der Waals surface area (Å²) in [4.78, 5) is 12.1. The van der Waals surface area contributed by atoms with Crippen LogP contribution in [-0.4, -0.2) is 30.4 Å².